The molecule has 0 spiro atoms. The first-order valence-electron chi connectivity index (χ1n) is 11.1. The van der Waals surface area contributed by atoms with Crippen molar-refractivity contribution in [1.29, 1.82) is 0 Å². The van der Waals surface area contributed by atoms with Crippen LogP contribution < -0.4 is 0 Å². The van der Waals surface area contributed by atoms with Gasteiger partial charge in [0.25, 0.3) is 0 Å². The predicted molar refractivity (Wildman–Crippen MR) is 108 cm³/mol. The van der Waals surface area contributed by atoms with E-state index in [0.717, 1.165) is 25.7 Å². The third-order valence-corrected chi connectivity index (χ3v) is 5.38. The zero-order chi connectivity index (χ0) is 22.5. The summed E-state index contributed by atoms with van der Waals surface area (Å²) in [7, 11) is 0. The molecular weight excluding hydrogens is 408 g/mol. The number of carbonyl (C=O) groups excluding carboxylic acids is 4. The van der Waals surface area contributed by atoms with Gasteiger partial charge >= 0.3 is 17.9 Å². The van der Waals surface area contributed by atoms with E-state index in [1.54, 1.807) is 0 Å². The van der Waals surface area contributed by atoms with Crippen LogP contribution in [0.5, 0.6) is 0 Å². The number of fused-ring (bicyclic) bond motifs is 1. The minimum Gasteiger partial charge on any atom is -0.457 e. The summed E-state index contributed by atoms with van der Waals surface area (Å²) in [6, 6.07) is 0. The van der Waals surface area contributed by atoms with E-state index in [1.165, 1.54) is 32.1 Å². The quantitative estimate of drug-likeness (QED) is 0.131. The number of rotatable bonds is 14. The maximum atomic E-state index is 12.0. The minimum absolute atomic E-state index is 0.00116. The van der Waals surface area contributed by atoms with E-state index in [1.807, 2.05) is 0 Å². The van der Waals surface area contributed by atoms with Crippen molar-refractivity contribution in [3.63, 3.8) is 0 Å². The lowest BCUT2D eigenvalue weighted by molar-refractivity contribution is -0.173. The van der Waals surface area contributed by atoms with Crippen LogP contribution in [0.2, 0.25) is 0 Å². The molecule has 0 N–H and O–H groups in total. The van der Waals surface area contributed by atoms with Crippen LogP contribution in [0, 0.1) is 6.92 Å². The van der Waals surface area contributed by atoms with Crippen LogP contribution in [0.4, 0.5) is 0 Å². The molecule has 2 aliphatic rings. The summed E-state index contributed by atoms with van der Waals surface area (Å²) in [5.41, 5.74) is 0. The van der Waals surface area contributed by atoms with E-state index >= 15 is 0 Å². The highest BCUT2D eigenvalue weighted by Crippen LogP contribution is 2.30. The van der Waals surface area contributed by atoms with E-state index in [-0.39, 0.29) is 26.1 Å². The van der Waals surface area contributed by atoms with Crippen molar-refractivity contribution in [3.05, 3.63) is 6.92 Å². The molecule has 0 amide bonds. The van der Waals surface area contributed by atoms with Gasteiger partial charge in [-0.3, -0.25) is 4.79 Å². The van der Waals surface area contributed by atoms with Gasteiger partial charge in [0.05, 0.1) is 19.8 Å². The standard InChI is InChI=1S/C22H33O9/c1-2-3-4-5-6-7-8-9-10-11-12-27-21(25)22(26)31-17-15-29-19-16(14-28-20(17)19)30-18(24)13-23/h13,16-17,19-20H,1-12,14-15H2/t16-,17+,19?,20?/m1/s1. The van der Waals surface area contributed by atoms with Gasteiger partial charge < -0.3 is 23.7 Å². The molecule has 0 aliphatic carbocycles. The van der Waals surface area contributed by atoms with Crippen molar-refractivity contribution in [1.82, 2.24) is 0 Å². The summed E-state index contributed by atoms with van der Waals surface area (Å²) < 4.78 is 25.9. The SMILES string of the molecule is [CH2]CCCCCCCCCCCOC(=O)C(=O)O[C@H]1COC2C1OC[C@H]2OC(=O)C=O. The Morgan fingerprint density at radius 3 is 1.84 bits per heavy atom. The van der Waals surface area contributed by atoms with Gasteiger partial charge in [-0.1, -0.05) is 64.7 Å². The Morgan fingerprint density at radius 2 is 1.29 bits per heavy atom. The van der Waals surface area contributed by atoms with Crippen LogP contribution in [0.1, 0.15) is 64.2 Å². The second kappa shape index (κ2) is 14.1. The van der Waals surface area contributed by atoms with E-state index in [4.69, 9.17) is 23.7 Å². The molecule has 2 saturated heterocycles. The minimum atomic E-state index is -1.10. The van der Waals surface area contributed by atoms with Gasteiger partial charge in [-0.05, 0) is 6.42 Å². The second-order valence-corrected chi connectivity index (χ2v) is 7.80. The average Bonchev–Trinajstić information content (AvgIpc) is 3.35. The van der Waals surface area contributed by atoms with Gasteiger partial charge in [0.1, 0.15) is 12.2 Å². The number of aldehydes is 1. The molecule has 4 atom stereocenters. The number of hydrogen-bond acceptors (Lipinski definition) is 9. The summed E-state index contributed by atoms with van der Waals surface area (Å²) in [4.78, 5) is 45.3. The molecule has 175 valence electrons. The van der Waals surface area contributed by atoms with Crippen molar-refractivity contribution >= 4 is 24.2 Å². The highest BCUT2D eigenvalue weighted by Gasteiger charge is 2.51. The van der Waals surface area contributed by atoms with Crippen LogP contribution in [-0.2, 0) is 42.9 Å². The van der Waals surface area contributed by atoms with Gasteiger partial charge in [-0.15, -0.1) is 0 Å². The molecule has 2 heterocycles. The molecular formula is C22H33O9. The van der Waals surface area contributed by atoms with Crippen molar-refractivity contribution in [2.45, 2.75) is 88.6 Å². The maximum Gasteiger partial charge on any atom is 0.417 e. The molecule has 9 nitrogen and oxygen atoms in total. The Bertz CT molecular complexity index is 592. The van der Waals surface area contributed by atoms with Crippen molar-refractivity contribution in [2.75, 3.05) is 19.8 Å². The Labute approximate surface area is 183 Å². The number of esters is 3. The first kappa shape index (κ1) is 25.3. The normalized spacial score (nSPS) is 24.4. The molecule has 0 aromatic rings. The summed E-state index contributed by atoms with van der Waals surface area (Å²) in [5, 5.41) is 0. The van der Waals surface area contributed by atoms with E-state index in [9.17, 15) is 19.2 Å². The fraction of sp³-hybridized carbons (Fsp3) is 0.773. The van der Waals surface area contributed by atoms with Crippen molar-refractivity contribution in [2.24, 2.45) is 0 Å². The molecule has 2 fully saturated rings. The van der Waals surface area contributed by atoms with Gasteiger partial charge in [-0.2, -0.15) is 0 Å². The monoisotopic (exact) mass is 441 g/mol. The fourth-order valence-electron chi connectivity index (χ4n) is 3.73. The van der Waals surface area contributed by atoms with E-state index in [2.05, 4.69) is 6.92 Å². The summed E-state index contributed by atoms with van der Waals surface area (Å²) in [6.07, 6.45) is 8.24. The molecule has 9 heteroatoms. The third-order valence-electron chi connectivity index (χ3n) is 5.38. The number of ether oxygens (including phenoxy) is 5. The molecule has 2 aliphatic heterocycles. The lowest BCUT2D eigenvalue weighted by Crippen LogP contribution is -2.37. The highest BCUT2D eigenvalue weighted by atomic mass is 16.7. The Hall–Kier alpha value is -2.00. The molecule has 2 rings (SSSR count). The molecule has 2 unspecified atom stereocenters. The molecule has 31 heavy (non-hydrogen) atoms. The number of carbonyl (C=O) groups is 4. The summed E-state index contributed by atoms with van der Waals surface area (Å²) >= 11 is 0. The van der Waals surface area contributed by atoms with Gasteiger partial charge in [0.2, 0.25) is 6.29 Å². The molecule has 1 radical (unpaired) electrons. The van der Waals surface area contributed by atoms with Crippen LogP contribution in [0.25, 0.3) is 0 Å². The van der Waals surface area contributed by atoms with Crippen molar-refractivity contribution in [3.8, 4) is 0 Å². The van der Waals surface area contributed by atoms with Crippen LogP contribution in [-0.4, -0.2) is 68.4 Å². The summed E-state index contributed by atoms with van der Waals surface area (Å²) in [6.45, 7) is 4.02. The Balaban J connectivity index is 1.53. The second-order valence-electron chi connectivity index (χ2n) is 7.80. The fourth-order valence-corrected chi connectivity index (χ4v) is 3.73. The topological polar surface area (TPSA) is 114 Å². The lowest BCUT2D eigenvalue weighted by Gasteiger charge is -2.16. The zero-order valence-corrected chi connectivity index (χ0v) is 18.0. The molecule has 0 saturated carbocycles. The molecule has 0 aromatic heterocycles. The lowest BCUT2D eigenvalue weighted by atomic mass is 10.1. The zero-order valence-electron chi connectivity index (χ0n) is 18.0. The third kappa shape index (κ3) is 8.57. The smallest absolute Gasteiger partial charge is 0.417 e. The van der Waals surface area contributed by atoms with Crippen LogP contribution >= 0.6 is 0 Å². The van der Waals surface area contributed by atoms with Gasteiger partial charge in [0, 0.05) is 0 Å². The van der Waals surface area contributed by atoms with Crippen LogP contribution in [0.15, 0.2) is 0 Å². The first-order chi connectivity index (χ1) is 15.1. The average molecular weight is 441 g/mol. The largest absolute Gasteiger partial charge is 0.457 e. The number of unbranched alkanes of at least 4 members (excludes halogenated alkanes) is 9. The van der Waals surface area contributed by atoms with Gasteiger partial charge in [-0.25, -0.2) is 14.4 Å². The summed E-state index contributed by atoms with van der Waals surface area (Å²) in [5.74, 6) is -3.17. The molecule has 0 bridgehead atoms. The van der Waals surface area contributed by atoms with Crippen LogP contribution in [0.3, 0.4) is 0 Å². The number of hydrogen-bond donors (Lipinski definition) is 0. The van der Waals surface area contributed by atoms with E-state index in [0.29, 0.717) is 6.42 Å². The Morgan fingerprint density at radius 1 is 0.774 bits per heavy atom. The maximum absolute atomic E-state index is 12.0. The first-order valence-corrected chi connectivity index (χ1v) is 11.1. The Kier molecular flexibility index (Phi) is 11.5. The van der Waals surface area contributed by atoms with Gasteiger partial charge in [0.15, 0.2) is 12.2 Å². The highest BCUT2D eigenvalue weighted by molar-refractivity contribution is 6.29. The predicted octanol–water partition coefficient (Wildman–Crippen LogP) is 2.08. The van der Waals surface area contributed by atoms with E-state index < -0.39 is 42.3 Å². The van der Waals surface area contributed by atoms with Crippen molar-refractivity contribution < 1.29 is 42.9 Å². The molecule has 0 aromatic carbocycles.